The Kier molecular flexibility index (Phi) is 3.31. The van der Waals surface area contributed by atoms with E-state index in [-0.39, 0.29) is 10.8 Å². The Morgan fingerprint density at radius 1 is 1.28 bits per heavy atom. The van der Waals surface area contributed by atoms with Gasteiger partial charge in [-0.15, -0.1) is 0 Å². The lowest BCUT2D eigenvalue weighted by molar-refractivity contribution is 0.120. The van der Waals surface area contributed by atoms with Crippen molar-refractivity contribution in [2.45, 2.75) is 50.4 Å². The van der Waals surface area contributed by atoms with Crippen LogP contribution in [0.15, 0.2) is 18.2 Å². The third-order valence-electron chi connectivity index (χ3n) is 4.31. The molecule has 2 atom stereocenters. The van der Waals surface area contributed by atoms with E-state index in [0.29, 0.717) is 18.1 Å². The molecule has 3 rings (SSSR count). The van der Waals surface area contributed by atoms with Crippen LogP contribution in [-0.2, 0) is 6.54 Å². The van der Waals surface area contributed by atoms with E-state index in [1.807, 2.05) is 6.07 Å². The summed E-state index contributed by atoms with van der Waals surface area (Å²) in [5.41, 5.74) is 6.95. The average Bonchev–Trinajstić information content (AvgIpc) is 2.58. The molecule has 0 spiro atoms. The third-order valence-corrected chi connectivity index (χ3v) is 4.73. The maximum atomic E-state index is 13.4. The standard InChI is InChI=1S/C14H18ClFN2/c15-14-9(2-1-3-13(14)16)8-18-11-4-5-12(18)7-10(17)6-11/h1-3,10-12H,4-8,17H2. The molecule has 2 unspecified atom stereocenters. The first-order valence-corrected chi connectivity index (χ1v) is 6.97. The summed E-state index contributed by atoms with van der Waals surface area (Å²) in [6.07, 6.45) is 4.55. The minimum Gasteiger partial charge on any atom is -0.328 e. The van der Waals surface area contributed by atoms with Crippen LogP contribution in [0.2, 0.25) is 5.02 Å². The summed E-state index contributed by atoms with van der Waals surface area (Å²) in [5, 5.41) is 0.270. The SMILES string of the molecule is NC1CC2CCC(C1)N2Cc1cccc(F)c1Cl. The van der Waals surface area contributed by atoms with Crippen molar-refractivity contribution >= 4 is 11.6 Å². The predicted octanol–water partition coefficient (Wildman–Crippen LogP) is 2.93. The second-order valence-electron chi connectivity index (χ2n) is 5.50. The Labute approximate surface area is 112 Å². The van der Waals surface area contributed by atoms with Crippen LogP contribution in [0.4, 0.5) is 4.39 Å². The average molecular weight is 269 g/mol. The van der Waals surface area contributed by atoms with Gasteiger partial charge in [-0.3, -0.25) is 4.90 Å². The molecule has 0 amide bonds. The molecule has 2 aliphatic rings. The summed E-state index contributed by atoms with van der Waals surface area (Å²) in [4.78, 5) is 2.46. The number of halogens is 2. The lowest BCUT2D eigenvalue weighted by Gasteiger charge is -2.37. The molecule has 2 nitrogen and oxygen atoms in total. The van der Waals surface area contributed by atoms with Crippen LogP contribution in [-0.4, -0.2) is 23.0 Å². The molecule has 2 aliphatic heterocycles. The van der Waals surface area contributed by atoms with Gasteiger partial charge in [-0.1, -0.05) is 23.7 Å². The number of rotatable bonds is 2. The molecule has 2 bridgehead atoms. The van der Waals surface area contributed by atoms with E-state index in [1.165, 1.54) is 18.9 Å². The van der Waals surface area contributed by atoms with Gasteiger partial charge in [0.2, 0.25) is 0 Å². The first-order chi connectivity index (χ1) is 8.65. The highest BCUT2D eigenvalue weighted by atomic mass is 35.5. The normalized spacial score (nSPS) is 31.8. The minimum absolute atomic E-state index is 0.270. The summed E-state index contributed by atoms with van der Waals surface area (Å²) in [5.74, 6) is -0.324. The largest absolute Gasteiger partial charge is 0.328 e. The molecule has 4 heteroatoms. The van der Waals surface area contributed by atoms with E-state index in [0.717, 1.165) is 24.9 Å². The molecule has 2 heterocycles. The van der Waals surface area contributed by atoms with E-state index < -0.39 is 0 Å². The lowest BCUT2D eigenvalue weighted by atomic mass is 9.97. The summed E-state index contributed by atoms with van der Waals surface area (Å²) >= 11 is 6.03. The zero-order valence-corrected chi connectivity index (χ0v) is 11.0. The Morgan fingerprint density at radius 3 is 2.61 bits per heavy atom. The topological polar surface area (TPSA) is 29.3 Å². The van der Waals surface area contributed by atoms with Crippen LogP contribution < -0.4 is 5.73 Å². The summed E-state index contributed by atoms with van der Waals surface area (Å²) < 4.78 is 13.4. The van der Waals surface area contributed by atoms with Gasteiger partial charge >= 0.3 is 0 Å². The third kappa shape index (κ3) is 2.15. The van der Waals surface area contributed by atoms with Crippen LogP contribution in [0, 0.1) is 5.82 Å². The van der Waals surface area contributed by atoms with Crippen LogP contribution in [0.25, 0.3) is 0 Å². The summed E-state index contributed by atoms with van der Waals surface area (Å²) in [6, 6.07) is 6.50. The summed E-state index contributed by atoms with van der Waals surface area (Å²) in [7, 11) is 0. The Balaban J connectivity index is 1.79. The molecule has 18 heavy (non-hydrogen) atoms. The van der Waals surface area contributed by atoms with Gasteiger partial charge in [-0.25, -0.2) is 4.39 Å². The minimum atomic E-state index is -0.324. The second-order valence-corrected chi connectivity index (χ2v) is 5.88. The van der Waals surface area contributed by atoms with Gasteiger partial charge in [0.25, 0.3) is 0 Å². The molecule has 1 aromatic rings. The highest BCUT2D eigenvalue weighted by Gasteiger charge is 2.39. The van der Waals surface area contributed by atoms with E-state index in [9.17, 15) is 4.39 Å². The van der Waals surface area contributed by atoms with Crippen molar-refractivity contribution in [3.63, 3.8) is 0 Å². The quantitative estimate of drug-likeness (QED) is 0.894. The fourth-order valence-electron chi connectivity index (χ4n) is 3.44. The van der Waals surface area contributed by atoms with Gasteiger partial charge in [0.1, 0.15) is 5.82 Å². The molecule has 0 saturated carbocycles. The Bertz CT molecular complexity index is 437. The molecular formula is C14H18ClFN2. The van der Waals surface area contributed by atoms with Crippen molar-refractivity contribution in [1.82, 2.24) is 4.90 Å². The number of nitrogens with two attached hydrogens (primary N) is 1. The van der Waals surface area contributed by atoms with Crippen molar-refractivity contribution in [1.29, 1.82) is 0 Å². The summed E-state index contributed by atoms with van der Waals surface area (Å²) in [6.45, 7) is 0.749. The van der Waals surface area contributed by atoms with Crippen molar-refractivity contribution in [3.05, 3.63) is 34.6 Å². The molecule has 0 aliphatic carbocycles. The molecule has 1 aromatic carbocycles. The van der Waals surface area contributed by atoms with Crippen LogP contribution >= 0.6 is 11.6 Å². The van der Waals surface area contributed by atoms with E-state index in [4.69, 9.17) is 17.3 Å². The molecule has 0 aromatic heterocycles. The number of fused-ring (bicyclic) bond motifs is 2. The highest BCUT2D eigenvalue weighted by Crippen LogP contribution is 2.37. The van der Waals surface area contributed by atoms with Gasteiger partial charge < -0.3 is 5.73 Å². The number of hydrogen-bond donors (Lipinski definition) is 1. The fraction of sp³-hybridized carbons (Fsp3) is 0.571. The zero-order chi connectivity index (χ0) is 12.7. The van der Waals surface area contributed by atoms with Gasteiger partial charge in [0.05, 0.1) is 5.02 Å². The van der Waals surface area contributed by atoms with Crippen LogP contribution in [0.5, 0.6) is 0 Å². The number of nitrogens with zero attached hydrogens (tertiary/aromatic N) is 1. The molecule has 2 N–H and O–H groups in total. The zero-order valence-electron chi connectivity index (χ0n) is 10.3. The molecule has 2 saturated heterocycles. The van der Waals surface area contributed by atoms with Crippen LogP contribution in [0.3, 0.4) is 0 Å². The van der Waals surface area contributed by atoms with E-state index in [2.05, 4.69) is 4.90 Å². The van der Waals surface area contributed by atoms with Gasteiger partial charge in [-0.2, -0.15) is 0 Å². The highest BCUT2D eigenvalue weighted by molar-refractivity contribution is 6.31. The second kappa shape index (κ2) is 4.80. The first kappa shape index (κ1) is 12.4. The van der Waals surface area contributed by atoms with Crippen molar-refractivity contribution in [2.75, 3.05) is 0 Å². The maximum absolute atomic E-state index is 13.4. The number of hydrogen-bond acceptors (Lipinski definition) is 2. The smallest absolute Gasteiger partial charge is 0.142 e. The molecule has 98 valence electrons. The molecular weight excluding hydrogens is 251 g/mol. The maximum Gasteiger partial charge on any atom is 0.142 e. The fourth-order valence-corrected chi connectivity index (χ4v) is 3.63. The van der Waals surface area contributed by atoms with Gasteiger partial charge in [0.15, 0.2) is 0 Å². The first-order valence-electron chi connectivity index (χ1n) is 6.59. The van der Waals surface area contributed by atoms with Gasteiger partial charge in [-0.05, 0) is 37.3 Å². The van der Waals surface area contributed by atoms with Crippen molar-refractivity contribution < 1.29 is 4.39 Å². The van der Waals surface area contributed by atoms with Gasteiger partial charge in [0, 0.05) is 24.7 Å². The molecule has 2 fully saturated rings. The van der Waals surface area contributed by atoms with Crippen molar-refractivity contribution in [2.24, 2.45) is 5.73 Å². The molecule has 0 radical (unpaired) electrons. The predicted molar refractivity (Wildman–Crippen MR) is 71.0 cm³/mol. The Hall–Kier alpha value is -0.640. The van der Waals surface area contributed by atoms with E-state index >= 15 is 0 Å². The van der Waals surface area contributed by atoms with Crippen molar-refractivity contribution in [3.8, 4) is 0 Å². The monoisotopic (exact) mass is 268 g/mol. The number of benzene rings is 1. The Morgan fingerprint density at radius 2 is 1.94 bits per heavy atom. The van der Waals surface area contributed by atoms with Crippen LogP contribution in [0.1, 0.15) is 31.2 Å². The van der Waals surface area contributed by atoms with E-state index in [1.54, 1.807) is 6.07 Å². The lowest BCUT2D eigenvalue weighted by Crippen LogP contribution is -2.46. The number of piperidine rings is 1.